The zero-order chi connectivity index (χ0) is 14.8. The van der Waals surface area contributed by atoms with Gasteiger partial charge in [-0.3, -0.25) is 4.79 Å². The van der Waals surface area contributed by atoms with Crippen molar-refractivity contribution in [3.05, 3.63) is 24.3 Å². The molecule has 1 aromatic carbocycles. The molecule has 20 heavy (non-hydrogen) atoms. The quantitative estimate of drug-likeness (QED) is 0.679. The minimum absolute atomic E-state index is 0.173. The van der Waals surface area contributed by atoms with Crippen LogP contribution in [0.3, 0.4) is 0 Å². The first kappa shape index (κ1) is 16.8. The van der Waals surface area contributed by atoms with E-state index < -0.39 is 6.04 Å². The molecule has 0 aromatic heterocycles. The van der Waals surface area contributed by atoms with Crippen molar-refractivity contribution in [3.63, 3.8) is 0 Å². The third-order valence-corrected chi connectivity index (χ3v) is 3.27. The van der Waals surface area contributed by atoms with Crippen molar-refractivity contribution in [2.24, 2.45) is 5.73 Å². The Morgan fingerprint density at radius 3 is 2.95 bits per heavy atom. The van der Waals surface area contributed by atoms with E-state index in [1.165, 1.54) is 0 Å². The van der Waals surface area contributed by atoms with Gasteiger partial charge in [-0.15, -0.1) is 0 Å². The molecule has 5 nitrogen and oxygen atoms in total. The fourth-order valence-corrected chi connectivity index (χ4v) is 2.01. The summed E-state index contributed by atoms with van der Waals surface area (Å²) in [7, 11) is 1.62. The summed E-state index contributed by atoms with van der Waals surface area (Å²) in [4.78, 5) is 11.9. The molecule has 0 bridgehead atoms. The zero-order valence-electron chi connectivity index (χ0n) is 11.9. The lowest BCUT2D eigenvalue weighted by Gasteiger charge is -2.12. The molecular weight excluding hydrogens is 276 g/mol. The van der Waals surface area contributed by atoms with Crippen LogP contribution in [0.2, 0.25) is 0 Å². The van der Waals surface area contributed by atoms with E-state index in [4.69, 9.17) is 15.2 Å². The standard InChI is InChI=1S/C14H22N2O3S/c1-18-7-8-19-12-5-3-4-11(10-12)16-14(17)13(15)6-9-20-2/h3-5,10,13H,6-9,15H2,1-2H3,(H,16,17)/t13-/m1/s1. The maximum absolute atomic E-state index is 11.9. The molecule has 0 fully saturated rings. The van der Waals surface area contributed by atoms with E-state index in [1.54, 1.807) is 24.9 Å². The van der Waals surface area contributed by atoms with Crippen molar-refractivity contribution in [1.29, 1.82) is 0 Å². The summed E-state index contributed by atoms with van der Waals surface area (Å²) in [6.07, 6.45) is 2.66. The Kier molecular flexibility index (Phi) is 8.10. The summed E-state index contributed by atoms with van der Waals surface area (Å²) < 4.78 is 10.4. The Morgan fingerprint density at radius 1 is 1.45 bits per heavy atom. The molecular formula is C14H22N2O3S. The first-order chi connectivity index (χ1) is 9.67. The molecule has 6 heteroatoms. The van der Waals surface area contributed by atoms with Crippen LogP contribution in [0.4, 0.5) is 5.69 Å². The van der Waals surface area contributed by atoms with E-state index in [9.17, 15) is 4.79 Å². The smallest absolute Gasteiger partial charge is 0.241 e. The minimum atomic E-state index is -0.486. The Labute approximate surface area is 124 Å². The molecule has 1 amide bonds. The van der Waals surface area contributed by atoms with E-state index in [1.807, 2.05) is 24.5 Å². The summed E-state index contributed by atoms with van der Waals surface area (Å²) in [6, 6.07) is 6.75. The highest BCUT2D eigenvalue weighted by Crippen LogP contribution is 2.17. The highest BCUT2D eigenvalue weighted by Gasteiger charge is 2.13. The lowest BCUT2D eigenvalue weighted by Crippen LogP contribution is -2.36. The molecule has 0 aliphatic rings. The molecule has 0 saturated heterocycles. The number of carbonyl (C=O) groups is 1. The number of nitrogens with one attached hydrogen (secondary N) is 1. The first-order valence-electron chi connectivity index (χ1n) is 6.44. The lowest BCUT2D eigenvalue weighted by molar-refractivity contribution is -0.117. The van der Waals surface area contributed by atoms with Crippen LogP contribution in [0, 0.1) is 0 Å². The number of anilines is 1. The maximum Gasteiger partial charge on any atom is 0.241 e. The summed E-state index contributed by atoms with van der Waals surface area (Å²) in [5.74, 6) is 1.39. The van der Waals surface area contributed by atoms with Gasteiger partial charge in [0.2, 0.25) is 5.91 Å². The Hall–Kier alpha value is -1.24. The SMILES string of the molecule is COCCOc1cccc(NC(=O)[C@H](N)CCSC)c1. The molecule has 0 saturated carbocycles. The van der Waals surface area contributed by atoms with Gasteiger partial charge in [0.15, 0.2) is 0 Å². The average molecular weight is 298 g/mol. The fraction of sp³-hybridized carbons (Fsp3) is 0.500. The van der Waals surface area contributed by atoms with Crippen LogP contribution in [-0.4, -0.2) is 44.3 Å². The second-order valence-corrected chi connectivity index (χ2v) is 5.23. The van der Waals surface area contributed by atoms with Crippen LogP contribution in [-0.2, 0) is 9.53 Å². The monoisotopic (exact) mass is 298 g/mol. The number of methoxy groups -OCH3 is 1. The van der Waals surface area contributed by atoms with Gasteiger partial charge in [0, 0.05) is 18.9 Å². The van der Waals surface area contributed by atoms with Crippen molar-refractivity contribution in [1.82, 2.24) is 0 Å². The first-order valence-corrected chi connectivity index (χ1v) is 7.84. The second-order valence-electron chi connectivity index (χ2n) is 4.25. The van der Waals surface area contributed by atoms with E-state index in [0.29, 0.717) is 31.1 Å². The number of nitrogens with two attached hydrogens (primary N) is 1. The molecule has 1 atom stereocenters. The van der Waals surface area contributed by atoms with Crippen molar-refractivity contribution in [2.75, 3.05) is 37.6 Å². The van der Waals surface area contributed by atoms with Crippen molar-refractivity contribution >= 4 is 23.4 Å². The number of hydrogen-bond donors (Lipinski definition) is 2. The maximum atomic E-state index is 11.9. The van der Waals surface area contributed by atoms with Crippen LogP contribution in [0.25, 0.3) is 0 Å². The number of rotatable bonds is 9. The molecule has 0 aliphatic carbocycles. The number of carbonyl (C=O) groups excluding carboxylic acids is 1. The molecule has 0 radical (unpaired) electrons. The largest absolute Gasteiger partial charge is 0.491 e. The Morgan fingerprint density at radius 2 is 2.25 bits per heavy atom. The Bertz CT molecular complexity index is 415. The predicted molar refractivity (Wildman–Crippen MR) is 83.4 cm³/mol. The van der Waals surface area contributed by atoms with E-state index >= 15 is 0 Å². The molecule has 0 spiro atoms. The summed E-state index contributed by atoms with van der Waals surface area (Å²) in [6.45, 7) is 0.997. The van der Waals surface area contributed by atoms with Crippen molar-refractivity contribution < 1.29 is 14.3 Å². The molecule has 3 N–H and O–H groups in total. The summed E-state index contributed by atoms with van der Waals surface area (Å²) >= 11 is 1.68. The zero-order valence-corrected chi connectivity index (χ0v) is 12.7. The normalized spacial score (nSPS) is 11.9. The topological polar surface area (TPSA) is 73.6 Å². The molecule has 1 rings (SSSR count). The molecule has 1 aromatic rings. The van der Waals surface area contributed by atoms with Crippen LogP contribution in [0.1, 0.15) is 6.42 Å². The lowest BCUT2D eigenvalue weighted by atomic mass is 10.2. The van der Waals surface area contributed by atoms with Crippen LogP contribution >= 0.6 is 11.8 Å². The molecule has 0 heterocycles. The van der Waals surface area contributed by atoms with Crippen LogP contribution < -0.4 is 15.8 Å². The van der Waals surface area contributed by atoms with Crippen molar-refractivity contribution in [2.45, 2.75) is 12.5 Å². The van der Waals surface area contributed by atoms with Gasteiger partial charge in [-0.1, -0.05) is 6.07 Å². The fourth-order valence-electron chi connectivity index (χ4n) is 1.52. The predicted octanol–water partition coefficient (Wildman–Crippen LogP) is 1.73. The number of amides is 1. The second kappa shape index (κ2) is 9.63. The molecule has 0 aliphatic heterocycles. The van der Waals surface area contributed by atoms with E-state index in [0.717, 1.165) is 5.75 Å². The van der Waals surface area contributed by atoms with Crippen molar-refractivity contribution in [3.8, 4) is 5.75 Å². The number of thioether (sulfide) groups is 1. The van der Waals surface area contributed by atoms with Gasteiger partial charge in [0.1, 0.15) is 12.4 Å². The third kappa shape index (κ3) is 6.27. The summed E-state index contributed by atoms with van der Waals surface area (Å²) in [5.41, 5.74) is 6.50. The van der Waals surface area contributed by atoms with Gasteiger partial charge in [0.25, 0.3) is 0 Å². The van der Waals surface area contributed by atoms with Gasteiger partial charge in [0.05, 0.1) is 12.6 Å². The van der Waals surface area contributed by atoms with Gasteiger partial charge in [-0.05, 0) is 30.6 Å². The highest BCUT2D eigenvalue weighted by molar-refractivity contribution is 7.98. The Balaban J connectivity index is 2.50. The number of ether oxygens (including phenoxy) is 2. The number of hydrogen-bond acceptors (Lipinski definition) is 5. The van der Waals surface area contributed by atoms with E-state index in [2.05, 4.69) is 5.32 Å². The van der Waals surface area contributed by atoms with Gasteiger partial charge >= 0.3 is 0 Å². The average Bonchev–Trinajstić information content (AvgIpc) is 2.45. The highest BCUT2D eigenvalue weighted by atomic mass is 32.2. The van der Waals surface area contributed by atoms with Crippen LogP contribution in [0.5, 0.6) is 5.75 Å². The van der Waals surface area contributed by atoms with Gasteiger partial charge < -0.3 is 20.5 Å². The van der Waals surface area contributed by atoms with Gasteiger partial charge in [-0.25, -0.2) is 0 Å². The summed E-state index contributed by atoms with van der Waals surface area (Å²) in [5, 5.41) is 2.80. The van der Waals surface area contributed by atoms with Gasteiger partial charge in [-0.2, -0.15) is 11.8 Å². The van der Waals surface area contributed by atoms with Crippen LogP contribution in [0.15, 0.2) is 24.3 Å². The third-order valence-electron chi connectivity index (χ3n) is 2.63. The minimum Gasteiger partial charge on any atom is -0.491 e. The molecule has 0 unspecified atom stereocenters. The van der Waals surface area contributed by atoms with E-state index in [-0.39, 0.29) is 5.91 Å². The molecule has 112 valence electrons. The number of benzene rings is 1.